The van der Waals surface area contributed by atoms with Crippen molar-refractivity contribution in [2.24, 2.45) is 0 Å². The van der Waals surface area contributed by atoms with E-state index in [1.54, 1.807) is 17.0 Å². The monoisotopic (exact) mass is 265 g/mol. The summed E-state index contributed by atoms with van der Waals surface area (Å²) in [5, 5.41) is 9.13. The molecule has 1 unspecified atom stereocenters. The normalized spacial score (nSPS) is 22.5. The molecule has 3 rings (SSSR count). The Hall–Kier alpha value is -1.79. The number of aliphatic hydroxyl groups is 1. The molecular weight excluding hydrogens is 250 g/mol. The van der Waals surface area contributed by atoms with E-state index in [4.69, 9.17) is 19.3 Å². The van der Waals surface area contributed by atoms with E-state index in [-0.39, 0.29) is 25.2 Å². The summed E-state index contributed by atoms with van der Waals surface area (Å²) in [4.78, 5) is 13.5. The van der Waals surface area contributed by atoms with Gasteiger partial charge in [-0.05, 0) is 12.1 Å². The van der Waals surface area contributed by atoms with E-state index in [1.807, 2.05) is 6.07 Å². The predicted octanol–water partition coefficient (Wildman–Crippen LogP) is 0.182. The number of anilines is 1. The third-order valence-corrected chi connectivity index (χ3v) is 3.17. The minimum absolute atomic E-state index is 0.0142. The van der Waals surface area contributed by atoms with Crippen molar-refractivity contribution in [1.82, 2.24) is 0 Å². The topological polar surface area (TPSA) is 68.2 Å². The first kappa shape index (κ1) is 12.3. The number of carbonyl (C=O) groups excluding carboxylic acids is 1. The number of hydrogen-bond acceptors (Lipinski definition) is 5. The highest BCUT2D eigenvalue weighted by atomic mass is 16.6. The molecule has 1 amide bonds. The van der Waals surface area contributed by atoms with E-state index in [2.05, 4.69) is 0 Å². The number of benzene rings is 1. The van der Waals surface area contributed by atoms with Crippen LogP contribution in [0.15, 0.2) is 18.2 Å². The van der Waals surface area contributed by atoms with Crippen LogP contribution in [-0.2, 0) is 9.53 Å². The summed E-state index contributed by atoms with van der Waals surface area (Å²) in [6, 6.07) is 5.39. The molecule has 6 heteroatoms. The van der Waals surface area contributed by atoms with Crippen molar-refractivity contribution in [2.45, 2.75) is 6.10 Å². The number of morpholine rings is 1. The van der Waals surface area contributed by atoms with Gasteiger partial charge in [-0.15, -0.1) is 0 Å². The molecule has 0 radical (unpaired) electrons. The Morgan fingerprint density at radius 1 is 1.26 bits per heavy atom. The summed E-state index contributed by atoms with van der Waals surface area (Å²) in [5.74, 6) is 1.21. The van der Waals surface area contributed by atoms with Crippen LogP contribution in [0.2, 0.25) is 0 Å². The van der Waals surface area contributed by atoms with Crippen molar-refractivity contribution >= 4 is 11.6 Å². The highest BCUT2D eigenvalue weighted by Crippen LogP contribution is 2.34. The standard InChI is InChI=1S/C13H15NO5/c15-7-10-6-14(13(16)8-19-10)9-1-2-11-12(5-9)18-4-3-17-11/h1-2,5,10,15H,3-4,6-8H2. The number of hydrogen-bond donors (Lipinski definition) is 1. The Balaban J connectivity index is 1.86. The third kappa shape index (κ3) is 2.36. The van der Waals surface area contributed by atoms with Gasteiger partial charge in [0, 0.05) is 11.8 Å². The van der Waals surface area contributed by atoms with Gasteiger partial charge in [0.1, 0.15) is 19.8 Å². The predicted molar refractivity (Wildman–Crippen MR) is 66.6 cm³/mol. The molecule has 1 aromatic carbocycles. The Kier molecular flexibility index (Phi) is 3.27. The van der Waals surface area contributed by atoms with Crippen LogP contribution in [0.4, 0.5) is 5.69 Å². The first-order valence-electron chi connectivity index (χ1n) is 6.20. The Labute approximate surface area is 110 Å². The Bertz CT molecular complexity index is 490. The van der Waals surface area contributed by atoms with Gasteiger partial charge in [0.05, 0.1) is 19.3 Å². The van der Waals surface area contributed by atoms with E-state index >= 15 is 0 Å². The first-order valence-corrected chi connectivity index (χ1v) is 6.20. The Morgan fingerprint density at radius 2 is 2.05 bits per heavy atom. The van der Waals surface area contributed by atoms with Crippen LogP contribution >= 0.6 is 0 Å². The molecule has 2 aliphatic heterocycles. The van der Waals surface area contributed by atoms with Crippen LogP contribution in [0, 0.1) is 0 Å². The maximum Gasteiger partial charge on any atom is 0.253 e. The van der Waals surface area contributed by atoms with Gasteiger partial charge >= 0.3 is 0 Å². The zero-order chi connectivity index (χ0) is 13.2. The molecule has 19 heavy (non-hydrogen) atoms. The van der Waals surface area contributed by atoms with Crippen LogP contribution in [0.3, 0.4) is 0 Å². The quantitative estimate of drug-likeness (QED) is 0.826. The van der Waals surface area contributed by atoms with Gasteiger partial charge in [0.2, 0.25) is 0 Å². The lowest BCUT2D eigenvalue weighted by atomic mass is 10.2. The highest BCUT2D eigenvalue weighted by molar-refractivity contribution is 5.95. The smallest absolute Gasteiger partial charge is 0.253 e. The second kappa shape index (κ2) is 5.07. The fraction of sp³-hybridized carbons (Fsp3) is 0.462. The van der Waals surface area contributed by atoms with E-state index in [9.17, 15) is 4.79 Å². The second-order valence-electron chi connectivity index (χ2n) is 4.45. The number of fused-ring (bicyclic) bond motifs is 1. The second-order valence-corrected chi connectivity index (χ2v) is 4.45. The fourth-order valence-electron chi connectivity index (χ4n) is 2.18. The summed E-state index contributed by atoms with van der Waals surface area (Å²) in [7, 11) is 0. The van der Waals surface area contributed by atoms with E-state index in [0.29, 0.717) is 31.3 Å². The van der Waals surface area contributed by atoms with Crippen molar-refractivity contribution in [1.29, 1.82) is 0 Å². The van der Waals surface area contributed by atoms with E-state index in [1.165, 1.54) is 0 Å². The summed E-state index contributed by atoms with van der Waals surface area (Å²) in [6.45, 7) is 1.27. The van der Waals surface area contributed by atoms with Gasteiger partial charge < -0.3 is 24.2 Å². The van der Waals surface area contributed by atoms with Gasteiger partial charge in [-0.25, -0.2) is 0 Å². The zero-order valence-corrected chi connectivity index (χ0v) is 10.4. The number of aliphatic hydroxyl groups excluding tert-OH is 1. The molecule has 1 N–H and O–H groups in total. The molecule has 1 aromatic rings. The maximum atomic E-state index is 11.9. The largest absolute Gasteiger partial charge is 0.486 e. The van der Waals surface area contributed by atoms with Crippen LogP contribution in [0.1, 0.15) is 0 Å². The molecular formula is C13H15NO5. The molecule has 6 nitrogen and oxygen atoms in total. The van der Waals surface area contributed by atoms with Gasteiger partial charge in [-0.2, -0.15) is 0 Å². The minimum Gasteiger partial charge on any atom is -0.486 e. The minimum atomic E-state index is -0.342. The third-order valence-electron chi connectivity index (χ3n) is 3.17. The number of rotatable bonds is 2. The van der Waals surface area contributed by atoms with Crippen LogP contribution in [0.25, 0.3) is 0 Å². The van der Waals surface area contributed by atoms with Gasteiger partial charge in [-0.1, -0.05) is 0 Å². The van der Waals surface area contributed by atoms with Gasteiger partial charge in [-0.3, -0.25) is 4.79 Å². The van der Waals surface area contributed by atoms with Crippen molar-refractivity contribution in [2.75, 3.05) is 37.9 Å². The van der Waals surface area contributed by atoms with Crippen LogP contribution < -0.4 is 14.4 Å². The summed E-state index contributed by atoms with van der Waals surface area (Å²) < 4.78 is 16.1. The fourth-order valence-corrected chi connectivity index (χ4v) is 2.18. The molecule has 102 valence electrons. The molecule has 2 aliphatic rings. The summed E-state index contributed by atoms with van der Waals surface area (Å²) in [6.07, 6.45) is -0.342. The SMILES string of the molecule is O=C1COC(CO)CN1c1ccc2c(c1)OCCO2. The highest BCUT2D eigenvalue weighted by Gasteiger charge is 2.27. The van der Waals surface area contributed by atoms with Crippen LogP contribution in [0.5, 0.6) is 11.5 Å². The number of carbonyl (C=O) groups is 1. The molecule has 1 fully saturated rings. The maximum absolute atomic E-state index is 11.9. The molecule has 0 aromatic heterocycles. The zero-order valence-electron chi connectivity index (χ0n) is 10.4. The van der Waals surface area contributed by atoms with E-state index < -0.39 is 0 Å². The summed E-state index contributed by atoms with van der Waals surface area (Å²) >= 11 is 0. The average molecular weight is 265 g/mol. The van der Waals surface area contributed by atoms with Gasteiger partial charge in [0.25, 0.3) is 5.91 Å². The lowest BCUT2D eigenvalue weighted by molar-refractivity contribution is -0.130. The van der Waals surface area contributed by atoms with Crippen molar-refractivity contribution in [3.63, 3.8) is 0 Å². The van der Waals surface area contributed by atoms with Crippen molar-refractivity contribution in [3.8, 4) is 11.5 Å². The molecule has 1 atom stereocenters. The van der Waals surface area contributed by atoms with Crippen molar-refractivity contribution < 1.29 is 24.1 Å². The number of ether oxygens (including phenoxy) is 3. The molecule has 1 saturated heterocycles. The molecule has 2 heterocycles. The first-order chi connectivity index (χ1) is 9.28. The number of amides is 1. The lowest BCUT2D eigenvalue weighted by Crippen LogP contribution is -2.48. The average Bonchev–Trinajstić information content (AvgIpc) is 2.47. The summed E-state index contributed by atoms with van der Waals surface area (Å²) in [5.41, 5.74) is 0.732. The molecule has 0 spiro atoms. The molecule has 0 bridgehead atoms. The number of nitrogens with zero attached hydrogens (tertiary/aromatic N) is 1. The van der Waals surface area contributed by atoms with Crippen LogP contribution in [-0.4, -0.2) is 50.1 Å². The van der Waals surface area contributed by atoms with E-state index in [0.717, 1.165) is 5.69 Å². The lowest BCUT2D eigenvalue weighted by Gasteiger charge is -2.32. The Morgan fingerprint density at radius 3 is 2.84 bits per heavy atom. The molecule has 0 aliphatic carbocycles. The van der Waals surface area contributed by atoms with Gasteiger partial charge in [0.15, 0.2) is 11.5 Å². The van der Waals surface area contributed by atoms with Crippen molar-refractivity contribution in [3.05, 3.63) is 18.2 Å². The molecule has 0 saturated carbocycles.